The van der Waals surface area contributed by atoms with Gasteiger partial charge in [-0.2, -0.15) is 5.10 Å². The molecule has 1 aliphatic rings. The number of ether oxygens (including phenoxy) is 1. The van der Waals surface area contributed by atoms with Gasteiger partial charge in [0.25, 0.3) is 0 Å². The molecule has 2 aromatic rings. The highest BCUT2D eigenvalue weighted by atomic mass is 16.5. The Morgan fingerprint density at radius 3 is 2.50 bits per heavy atom. The van der Waals surface area contributed by atoms with Crippen molar-refractivity contribution >= 4 is 29.6 Å². The molecule has 0 unspecified atom stereocenters. The van der Waals surface area contributed by atoms with E-state index in [0.29, 0.717) is 24.5 Å². The lowest BCUT2D eigenvalue weighted by molar-refractivity contribution is -0.109. The van der Waals surface area contributed by atoms with Crippen LogP contribution in [-0.4, -0.2) is 50.0 Å². The molecule has 1 aliphatic heterocycles. The molecule has 0 spiro atoms. The summed E-state index contributed by atoms with van der Waals surface area (Å²) in [6, 6.07) is 16.3. The van der Waals surface area contributed by atoms with Crippen LogP contribution in [0.2, 0.25) is 0 Å². The van der Waals surface area contributed by atoms with Crippen LogP contribution in [0.5, 0.6) is 0 Å². The molecule has 0 bridgehead atoms. The first-order chi connectivity index (χ1) is 19.4. The van der Waals surface area contributed by atoms with Crippen molar-refractivity contribution in [1.29, 1.82) is 0 Å². The number of aliphatic imine (C=N–C) groups is 1. The number of likely N-dealkylation sites (tertiary alicyclic amines) is 1. The average molecular weight is 539 g/mol. The molecule has 40 heavy (non-hydrogen) atoms. The summed E-state index contributed by atoms with van der Waals surface area (Å²) in [6.07, 6.45) is 13.4. The van der Waals surface area contributed by atoms with Crippen LogP contribution in [0.4, 0.5) is 0 Å². The first-order valence-electron chi connectivity index (χ1n) is 13.9. The van der Waals surface area contributed by atoms with E-state index in [1.165, 1.54) is 12.8 Å². The van der Waals surface area contributed by atoms with Gasteiger partial charge >= 0.3 is 0 Å². The van der Waals surface area contributed by atoms with E-state index in [-0.39, 0.29) is 0 Å². The van der Waals surface area contributed by atoms with E-state index >= 15 is 0 Å². The van der Waals surface area contributed by atoms with E-state index in [4.69, 9.17) is 9.73 Å². The molecule has 1 saturated heterocycles. The van der Waals surface area contributed by atoms with E-state index in [2.05, 4.69) is 47.3 Å². The van der Waals surface area contributed by atoms with Crippen LogP contribution in [-0.2, 0) is 16.0 Å². The molecule has 0 radical (unpaired) electrons. The first-order valence-corrected chi connectivity index (χ1v) is 13.9. The monoisotopic (exact) mass is 538 g/mol. The number of allylic oxidation sites excluding steroid dienone is 6. The maximum Gasteiger partial charge on any atom is 0.227 e. The summed E-state index contributed by atoms with van der Waals surface area (Å²) in [7, 11) is 2.17. The van der Waals surface area contributed by atoms with Crippen molar-refractivity contribution in [2.45, 2.75) is 40.0 Å². The van der Waals surface area contributed by atoms with Gasteiger partial charge in [0, 0.05) is 11.1 Å². The molecule has 0 aliphatic carbocycles. The van der Waals surface area contributed by atoms with Crippen molar-refractivity contribution in [3.8, 4) is 0 Å². The Labute approximate surface area is 239 Å². The fourth-order valence-electron chi connectivity index (χ4n) is 4.49. The molecule has 1 amide bonds. The summed E-state index contributed by atoms with van der Waals surface area (Å²) in [5.41, 5.74) is 9.08. The summed E-state index contributed by atoms with van der Waals surface area (Å²) in [6.45, 7) is 13.0. The highest BCUT2D eigenvalue weighted by molar-refractivity contribution is 6.09. The van der Waals surface area contributed by atoms with Crippen LogP contribution in [0.1, 0.15) is 55.9 Å². The number of rotatable bonds is 13. The van der Waals surface area contributed by atoms with Crippen LogP contribution in [0, 0.1) is 5.92 Å². The maximum absolute atomic E-state index is 10.9. The van der Waals surface area contributed by atoms with Crippen LogP contribution < -0.4 is 5.43 Å². The van der Waals surface area contributed by atoms with Crippen molar-refractivity contribution in [3.63, 3.8) is 0 Å². The predicted molar refractivity (Wildman–Crippen MR) is 168 cm³/mol. The number of hydrazone groups is 1. The smallest absolute Gasteiger partial charge is 0.227 e. The lowest BCUT2D eigenvalue weighted by atomic mass is 9.98. The summed E-state index contributed by atoms with van der Waals surface area (Å²) in [5.74, 6) is 1.39. The van der Waals surface area contributed by atoms with Crippen LogP contribution in [0.3, 0.4) is 0 Å². The van der Waals surface area contributed by atoms with E-state index in [0.717, 1.165) is 59.0 Å². The molecule has 1 fully saturated rings. The van der Waals surface area contributed by atoms with Gasteiger partial charge in [-0.05, 0) is 102 Å². The Kier molecular flexibility index (Phi) is 12.3. The number of carbonyl (C=O) groups excluding carboxylic acids is 1. The Balaban J connectivity index is 1.66. The van der Waals surface area contributed by atoms with Gasteiger partial charge in [-0.15, -0.1) is 0 Å². The number of hydrogen-bond donors (Lipinski definition) is 1. The summed E-state index contributed by atoms with van der Waals surface area (Å²) in [4.78, 5) is 18.0. The lowest BCUT2D eigenvalue weighted by Crippen LogP contribution is -2.31. The highest BCUT2D eigenvalue weighted by Crippen LogP contribution is 2.20. The number of piperidine rings is 1. The van der Waals surface area contributed by atoms with Crippen molar-refractivity contribution in [2.24, 2.45) is 16.0 Å². The third-order valence-electron chi connectivity index (χ3n) is 6.95. The molecule has 210 valence electrons. The van der Waals surface area contributed by atoms with Crippen LogP contribution in [0.15, 0.2) is 95.3 Å². The SMILES string of the molecule is C=C(C)c1cccc(C(/C=C\Cc2cccc(C(=C/C)/N=C\C(=C/C)OCC3CCN(C)CC3)c2)=N/NC=O)c1. The van der Waals surface area contributed by atoms with Crippen LogP contribution >= 0.6 is 0 Å². The number of carbonyl (C=O) groups is 1. The van der Waals surface area contributed by atoms with Crippen molar-refractivity contribution in [2.75, 3.05) is 26.7 Å². The van der Waals surface area contributed by atoms with Gasteiger partial charge in [-0.3, -0.25) is 9.79 Å². The van der Waals surface area contributed by atoms with Gasteiger partial charge < -0.3 is 9.64 Å². The Bertz CT molecular complexity index is 1290. The highest BCUT2D eigenvalue weighted by Gasteiger charge is 2.17. The zero-order chi connectivity index (χ0) is 28.7. The number of hydrogen-bond acceptors (Lipinski definition) is 5. The molecule has 0 atom stereocenters. The molecular weight excluding hydrogens is 496 g/mol. The van der Waals surface area contributed by atoms with E-state index in [1.54, 1.807) is 0 Å². The fourth-order valence-corrected chi connectivity index (χ4v) is 4.49. The summed E-state index contributed by atoms with van der Waals surface area (Å²) < 4.78 is 6.09. The second-order valence-electron chi connectivity index (χ2n) is 10.1. The van der Waals surface area contributed by atoms with Crippen molar-refractivity contribution < 1.29 is 9.53 Å². The molecule has 6 heteroatoms. The fraction of sp³-hybridized carbons (Fsp3) is 0.324. The molecule has 6 nitrogen and oxygen atoms in total. The quantitative estimate of drug-likeness (QED) is 0.134. The van der Waals surface area contributed by atoms with E-state index in [1.807, 2.05) is 81.6 Å². The number of nitrogens with one attached hydrogen (secondary N) is 1. The molecular formula is C34H42N4O2. The summed E-state index contributed by atoms with van der Waals surface area (Å²) in [5, 5.41) is 4.23. The van der Waals surface area contributed by atoms with Gasteiger partial charge in [0.2, 0.25) is 6.41 Å². The Morgan fingerprint density at radius 2 is 1.80 bits per heavy atom. The van der Waals surface area contributed by atoms with E-state index < -0.39 is 0 Å². The molecule has 2 aromatic carbocycles. The van der Waals surface area contributed by atoms with Gasteiger partial charge in [-0.1, -0.05) is 60.7 Å². The number of benzene rings is 2. The van der Waals surface area contributed by atoms with Gasteiger partial charge in [-0.25, -0.2) is 5.43 Å². The zero-order valence-corrected chi connectivity index (χ0v) is 24.3. The molecule has 3 rings (SSSR count). The minimum absolute atomic E-state index is 0.567. The Hall–Kier alpha value is -4.03. The standard InChI is InChI=1S/C34H42N4O2/c1-6-32(40-24-28-17-19-38(5)20-18-28)23-35-33(7-2)30-14-8-11-27(21-30)12-9-16-34(37-36-25-39)31-15-10-13-29(22-31)26(3)4/h6-11,13-16,21-23,25,28H,3,12,17-20,24H2,1-2,4-5H3,(H,36,39)/b16-9-,32-6+,33-7-,35-23-,37-34+. The van der Waals surface area contributed by atoms with Crippen molar-refractivity contribution in [1.82, 2.24) is 10.3 Å². The topological polar surface area (TPSA) is 66.3 Å². The second kappa shape index (κ2) is 16.2. The molecule has 1 heterocycles. The van der Waals surface area contributed by atoms with Crippen molar-refractivity contribution in [3.05, 3.63) is 107 Å². The maximum atomic E-state index is 10.9. The lowest BCUT2D eigenvalue weighted by Gasteiger charge is -2.28. The van der Waals surface area contributed by atoms with Gasteiger partial charge in [0.15, 0.2) is 0 Å². The van der Waals surface area contributed by atoms with Gasteiger partial charge in [0.05, 0.1) is 24.2 Å². The van der Waals surface area contributed by atoms with Gasteiger partial charge in [0.1, 0.15) is 5.76 Å². The summed E-state index contributed by atoms with van der Waals surface area (Å²) >= 11 is 0. The minimum atomic E-state index is 0.567. The second-order valence-corrected chi connectivity index (χ2v) is 10.1. The largest absolute Gasteiger partial charge is 0.492 e. The molecule has 1 N–H and O–H groups in total. The third-order valence-corrected chi connectivity index (χ3v) is 6.95. The van der Waals surface area contributed by atoms with Crippen LogP contribution in [0.25, 0.3) is 11.3 Å². The zero-order valence-electron chi connectivity index (χ0n) is 24.3. The average Bonchev–Trinajstić information content (AvgIpc) is 2.97. The predicted octanol–water partition coefficient (Wildman–Crippen LogP) is 6.66. The minimum Gasteiger partial charge on any atom is -0.492 e. The first kappa shape index (κ1) is 30.5. The molecule has 0 saturated carbocycles. The molecule has 0 aromatic heterocycles. The third kappa shape index (κ3) is 9.62. The number of amides is 1. The van der Waals surface area contributed by atoms with E-state index in [9.17, 15) is 4.79 Å². The normalized spacial score (nSPS) is 16.1. The number of nitrogens with zero attached hydrogens (tertiary/aromatic N) is 3. The Morgan fingerprint density at radius 1 is 1.07 bits per heavy atom.